The summed E-state index contributed by atoms with van der Waals surface area (Å²) < 4.78 is 10.5. The lowest BCUT2D eigenvalue weighted by Crippen LogP contribution is -1.97. The highest BCUT2D eigenvalue weighted by molar-refractivity contribution is 6.40. The Morgan fingerprint density at radius 2 is 2.71 bits per heavy atom. The van der Waals surface area contributed by atoms with E-state index in [4.69, 9.17) is 13.0 Å². The molecule has 7 heavy (non-hydrogen) atoms. The van der Waals surface area contributed by atoms with Gasteiger partial charge in [0.25, 0.3) is 0 Å². The first-order valence-corrected chi connectivity index (χ1v) is 1.87. The zero-order valence-electron chi connectivity index (χ0n) is 4.61. The maximum Gasteiger partial charge on any atom is 0.348 e. The molecule has 2 nitrogen and oxygen atoms in total. The highest BCUT2D eigenvalue weighted by atomic mass is 35.5. The molecule has 0 fully saturated rings. The number of carbonyl (C=O) groups is 1. The first kappa shape index (κ1) is 4.65. The minimum absolute atomic E-state index is 0.197. The molecule has 0 N–H and O–H groups in total. The van der Waals surface area contributed by atoms with Crippen molar-refractivity contribution in [2.75, 3.05) is 7.09 Å². The van der Waals surface area contributed by atoms with E-state index in [1.165, 1.54) is 0 Å². The molecular weight excluding hydrogens is 115 g/mol. The zero-order valence-corrected chi connectivity index (χ0v) is 4.36. The van der Waals surface area contributed by atoms with Crippen molar-refractivity contribution in [2.24, 2.45) is 0 Å². The second-order valence-corrected chi connectivity index (χ2v) is 1.29. The topological polar surface area (TPSA) is 26.3 Å². The molecule has 0 aromatic carbocycles. The van der Waals surface area contributed by atoms with E-state index in [1.54, 1.807) is 0 Å². The number of carbonyl (C=O) groups excluding carboxylic acids is 1. The van der Waals surface area contributed by atoms with Gasteiger partial charge < -0.3 is 4.74 Å². The van der Waals surface area contributed by atoms with Gasteiger partial charge in [0.1, 0.15) is 5.03 Å². The third-order valence-corrected chi connectivity index (χ3v) is 0.507. The summed E-state index contributed by atoms with van der Waals surface area (Å²) in [5, 5.41) is -0.197. The van der Waals surface area contributed by atoms with Crippen LogP contribution in [0.15, 0.2) is 11.6 Å². The van der Waals surface area contributed by atoms with Crippen molar-refractivity contribution >= 4 is 17.6 Å². The number of hydrogen-bond donors (Lipinski definition) is 0. The molecule has 0 spiro atoms. The van der Waals surface area contributed by atoms with Crippen LogP contribution in [0, 0.1) is 0 Å². The van der Waals surface area contributed by atoms with Crippen LogP contribution >= 0.6 is 11.6 Å². The maximum atomic E-state index is 10.2. The maximum absolute atomic E-state index is 10.2. The van der Waals surface area contributed by atoms with E-state index >= 15 is 0 Å². The van der Waals surface area contributed by atoms with Gasteiger partial charge in [0, 0.05) is 0 Å². The average molecular weight is 122 g/mol. The number of ether oxygens (including phenoxy) is 1. The molecule has 0 aromatic heterocycles. The van der Waals surface area contributed by atoms with Gasteiger partial charge in [-0.1, -0.05) is 18.2 Å². The minimum Gasteiger partial charge on any atom is -0.465 e. The van der Waals surface area contributed by atoms with Crippen LogP contribution in [0.5, 0.6) is 0 Å². The highest BCUT2D eigenvalue weighted by Gasteiger charge is 1.98. The third-order valence-electron chi connectivity index (χ3n) is 0.353. The quantitative estimate of drug-likeness (QED) is 0.381. The van der Waals surface area contributed by atoms with Crippen molar-refractivity contribution in [2.45, 2.75) is 0 Å². The predicted octanol–water partition coefficient (Wildman–Crippen LogP) is 0.912. The molecule has 0 amide bonds. The summed E-state index contributed by atoms with van der Waals surface area (Å²) in [6, 6.07) is 0. The Morgan fingerprint density at radius 1 is 2.14 bits per heavy atom. The molecular formula is C4H5ClO2. The van der Waals surface area contributed by atoms with Gasteiger partial charge in [-0.15, -0.1) is 0 Å². The van der Waals surface area contributed by atoms with Crippen LogP contribution in [0.1, 0.15) is 1.37 Å². The monoisotopic (exact) mass is 121 g/mol. The van der Waals surface area contributed by atoms with Crippen molar-refractivity contribution in [3.8, 4) is 0 Å². The number of rotatable bonds is 1. The Kier molecular flexibility index (Phi) is 1.75. The number of esters is 1. The molecule has 0 aliphatic carbocycles. The van der Waals surface area contributed by atoms with E-state index in [0.29, 0.717) is 0 Å². The normalized spacial score (nSPS) is 9.57. The number of halogens is 1. The molecule has 0 rings (SSSR count). The molecule has 3 heteroatoms. The lowest BCUT2D eigenvalue weighted by molar-refractivity contribution is -0.135. The molecule has 0 aliphatic heterocycles. The summed E-state index contributed by atoms with van der Waals surface area (Å²) in [6.45, 7) is 3.08. The fraction of sp³-hybridized carbons (Fsp3) is 0.250. The van der Waals surface area contributed by atoms with Crippen molar-refractivity contribution in [3.05, 3.63) is 11.6 Å². The van der Waals surface area contributed by atoms with Crippen LogP contribution in [-0.4, -0.2) is 13.1 Å². The van der Waals surface area contributed by atoms with Gasteiger partial charge in [-0.25, -0.2) is 4.79 Å². The SMILES string of the molecule is [2H]COC(=O)C(=C)Cl. The molecule has 0 aromatic rings. The van der Waals surface area contributed by atoms with Crippen molar-refractivity contribution in [3.63, 3.8) is 0 Å². The fourth-order valence-corrected chi connectivity index (χ4v) is 0.133. The summed E-state index contributed by atoms with van der Waals surface area (Å²) in [4.78, 5) is 10.2. The van der Waals surface area contributed by atoms with Crippen LogP contribution in [0.4, 0.5) is 0 Å². The smallest absolute Gasteiger partial charge is 0.348 e. The van der Waals surface area contributed by atoms with E-state index in [9.17, 15) is 4.79 Å². The summed E-state index contributed by atoms with van der Waals surface area (Å²) in [5.74, 6) is -0.735. The number of methoxy groups -OCH3 is 1. The average Bonchev–Trinajstić information content (AvgIpc) is 1.67. The Morgan fingerprint density at radius 3 is 2.86 bits per heavy atom. The Labute approximate surface area is 48.1 Å². The lowest BCUT2D eigenvalue weighted by atomic mass is 10.7. The molecule has 0 saturated heterocycles. The fourth-order valence-electron chi connectivity index (χ4n) is 0.0783. The van der Waals surface area contributed by atoms with Gasteiger partial charge in [0.15, 0.2) is 0 Å². The predicted molar refractivity (Wildman–Crippen MR) is 27.0 cm³/mol. The molecule has 0 unspecified atom stereocenters. The summed E-state index contributed by atoms with van der Waals surface area (Å²) in [6.07, 6.45) is 0. The summed E-state index contributed by atoms with van der Waals surface area (Å²) in [5.41, 5.74) is 0. The van der Waals surface area contributed by atoms with Gasteiger partial charge >= 0.3 is 5.97 Å². The van der Waals surface area contributed by atoms with Crippen molar-refractivity contribution in [1.82, 2.24) is 0 Å². The second-order valence-electron chi connectivity index (χ2n) is 0.837. The summed E-state index contributed by atoms with van der Waals surface area (Å²) in [7, 11) is -0.412. The van der Waals surface area contributed by atoms with E-state index in [-0.39, 0.29) is 5.03 Å². The van der Waals surface area contributed by atoms with Gasteiger partial charge in [-0.05, 0) is 0 Å². The van der Waals surface area contributed by atoms with Gasteiger partial charge in [-0.2, -0.15) is 0 Å². The largest absolute Gasteiger partial charge is 0.465 e. The first-order valence-electron chi connectivity index (χ1n) is 2.20. The molecule has 0 bridgehead atoms. The Balaban J connectivity index is 3.49. The van der Waals surface area contributed by atoms with Gasteiger partial charge in [0.2, 0.25) is 0 Å². The van der Waals surface area contributed by atoms with E-state index in [1.807, 2.05) is 0 Å². The van der Waals surface area contributed by atoms with Crippen LogP contribution < -0.4 is 0 Å². The van der Waals surface area contributed by atoms with Gasteiger partial charge in [0.05, 0.1) is 8.46 Å². The molecule has 0 saturated carbocycles. The van der Waals surface area contributed by atoms with E-state index in [0.717, 1.165) is 0 Å². The second kappa shape index (κ2) is 2.64. The minimum atomic E-state index is -0.735. The van der Waals surface area contributed by atoms with Crippen molar-refractivity contribution in [1.29, 1.82) is 0 Å². The molecule has 0 atom stereocenters. The third kappa shape index (κ3) is 2.23. The zero-order chi connectivity index (χ0) is 6.57. The molecule has 0 aliphatic rings. The standard InChI is InChI=1S/C4H5ClO2/c1-3(5)4(6)7-2/h1H2,2H3/i2D. The van der Waals surface area contributed by atoms with E-state index in [2.05, 4.69) is 11.3 Å². The lowest BCUT2D eigenvalue weighted by Gasteiger charge is -1.89. The van der Waals surface area contributed by atoms with Crippen molar-refractivity contribution < 1.29 is 10.9 Å². The molecule has 0 radical (unpaired) electrons. The highest BCUT2D eigenvalue weighted by Crippen LogP contribution is 1.96. The van der Waals surface area contributed by atoms with Crippen LogP contribution in [0.3, 0.4) is 0 Å². The van der Waals surface area contributed by atoms with Gasteiger partial charge in [-0.3, -0.25) is 0 Å². The first-order chi connectivity index (χ1) is 3.68. The molecule has 0 heterocycles. The van der Waals surface area contributed by atoms with Crippen LogP contribution in [0.25, 0.3) is 0 Å². The van der Waals surface area contributed by atoms with E-state index < -0.39 is 13.1 Å². The Hall–Kier alpha value is -0.500. The number of hydrogen-bond acceptors (Lipinski definition) is 2. The molecule has 40 valence electrons. The summed E-state index contributed by atoms with van der Waals surface area (Å²) >= 11 is 5.05. The van der Waals surface area contributed by atoms with Crippen LogP contribution in [-0.2, 0) is 9.53 Å². The Bertz CT molecular complexity index is 113. The van der Waals surface area contributed by atoms with Crippen LogP contribution in [0.2, 0.25) is 0 Å².